The Morgan fingerprint density at radius 3 is 3.11 bits per heavy atom. The number of aliphatic hydroxyl groups excluding tert-OH is 1. The van der Waals surface area contributed by atoms with Gasteiger partial charge < -0.3 is 10.0 Å². The molecule has 2 rings (SSSR count). The van der Waals surface area contributed by atoms with Gasteiger partial charge in [0.2, 0.25) is 0 Å². The molecule has 4 heteroatoms. The van der Waals surface area contributed by atoms with Crippen molar-refractivity contribution < 1.29 is 5.11 Å². The number of aliphatic hydroxyl groups is 1. The fraction of sp³-hybridized carbons (Fsp3) is 0.600. The first kappa shape index (κ1) is 14.5. The summed E-state index contributed by atoms with van der Waals surface area (Å²) in [5.74, 6) is 5.79. The lowest BCUT2D eigenvalue weighted by Gasteiger charge is -2.26. The summed E-state index contributed by atoms with van der Waals surface area (Å²) in [5.41, 5.74) is 1.08. The molecular weight excluding hydrogens is 256 g/mol. The molecule has 0 radical (unpaired) electrons. The van der Waals surface area contributed by atoms with E-state index in [1.54, 1.807) is 11.3 Å². The van der Waals surface area contributed by atoms with Gasteiger partial charge in [-0.25, -0.2) is 0 Å². The van der Waals surface area contributed by atoms with E-state index in [-0.39, 0.29) is 6.61 Å². The van der Waals surface area contributed by atoms with Crippen LogP contribution in [0.4, 0.5) is 0 Å². The molecule has 0 spiro atoms. The molecule has 1 aromatic rings. The second kappa shape index (κ2) is 7.06. The lowest BCUT2D eigenvalue weighted by Crippen LogP contribution is -2.37. The molecule has 1 atom stereocenters. The second-order valence-electron chi connectivity index (χ2n) is 5.25. The zero-order valence-corrected chi connectivity index (χ0v) is 12.5. The van der Waals surface area contributed by atoms with E-state index >= 15 is 0 Å². The van der Waals surface area contributed by atoms with Crippen molar-refractivity contribution in [1.29, 1.82) is 0 Å². The largest absolute Gasteiger partial charge is 0.384 e. The number of likely N-dealkylation sites (N-methyl/N-ethyl adjacent to an activating group) is 1. The maximum atomic E-state index is 8.80. The Kier molecular flexibility index (Phi) is 5.41. The molecule has 0 saturated carbocycles. The van der Waals surface area contributed by atoms with Crippen LogP contribution < -0.4 is 0 Å². The summed E-state index contributed by atoms with van der Waals surface area (Å²) in [6, 6.07) is 2.72. The maximum Gasteiger partial charge on any atom is 0.104 e. The second-order valence-corrected chi connectivity index (χ2v) is 6.25. The summed E-state index contributed by atoms with van der Waals surface area (Å²) in [4.78, 5) is 6.16. The van der Waals surface area contributed by atoms with Crippen molar-refractivity contribution in [3.63, 3.8) is 0 Å². The van der Waals surface area contributed by atoms with Gasteiger partial charge in [0.15, 0.2) is 0 Å². The Bertz CT molecular complexity index is 458. The van der Waals surface area contributed by atoms with Crippen LogP contribution in [-0.4, -0.2) is 54.7 Å². The van der Waals surface area contributed by atoms with Crippen molar-refractivity contribution in [2.75, 3.05) is 33.8 Å². The standard InChI is InChI=1S/C15H22N2OS/c1-16(2)11-14-6-3-8-17(14)12-15-13(5-4-9-18)7-10-19-15/h7,10,14,18H,3,6,8-9,11-12H2,1-2H3. The topological polar surface area (TPSA) is 26.7 Å². The molecule has 1 aliphatic heterocycles. The number of hydrogen-bond donors (Lipinski definition) is 1. The van der Waals surface area contributed by atoms with Crippen LogP contribution in [0.5, 0.6) is 0 Å². The predicted molar refractivity (Wildman–Crippen MR) is 80.3 cm³/mol. The van der Waals surface area contributed by atoms with Gasteiger partial charge in [-0.1, -0.05) is 11.8 Å². The molecule has 0 aromatic carbocycles. The quantitative estimate of drug-likeness (QED) is 0.848. The van der Waals surface area contributed by atoms with Crippen molar-refractivity contribution in [3.8, 4) is 11.8 Å². The van der Waals surface area contributed by atoms with Crippen molar-refractivity contribution >= 4 is 11.3 Å². The predicted octanol–water partition coefficient (Wildman–Crippen LogP) is 1.62. The summed E-state index contributed by atoms with van der Waals surface area (Å²) < 4.78 is 0. The van der Waals surface area contributed by atoms with E-state index in [2.05, 4.69) is 47.2 Å². The Balaban J connectivity index is 2.02. The molecule has 0 aliphatic carbocycles. The van der Waals surface area contributed by atoms with Gasteiger partial charge in [-0.05, 0) is 44.9 Å². The third-order valence-electron chi connectivity index (χ3n) is 3.47. The first-order chi connectivity index (χ1) is 9.20. The minimum atomic E-state index is -0.0672. The smallest absolute Gasteiger partial charge is 0.104 e. The molecule has 1 unspecified atom stereocenters. The van der Waals surface area contributed by atoms with E-state index in [4.69, 9.17) is 5.11 Å². The third-order valence-corrected chi connectivity index (χ3v) is 4.37. The van der Waals surface area contributed by atoms with Crippen LogP contribution in [0, 0.1) is 11.8 Å². The van der Waals surface area contributed by atoms with Gasteiger partial charge in [0, 0.05) is 29.6 Å². The maximum absolute atomic E-state index is 8.80. The highest BCUT2D eigenvalue weighted by Gasteiger charge is 2.25. The van der Waals surface area contributed by atoms with E-state index in [0.717, 1.165) is 18.7 Å². The molecular formula is C15H22N2OS. The van der Waals surface area contributed by atoms with Gasteiger partial charge >= 0.3 is 0 Å². The lowest BCUT2D eigenvalue weighted by molar-refractivity contribution is 0.202. The molecule has 3 nitrogen and oxygen atoms in total. The van der Waals surface area contributed by atoms with Crippen molar-refractivity contribution in [2.24, 2.45) is 0 Å². The van der Waals surface area contributed by atoms with Crippen molar-refractivity contribution in [3.05, 3.63) is 21.9 Å². The van der Waals surface area contributed by atoms with Crippen LogP contribution in [0.15, 0.2) is 11.4 Å². The van der Waals surface area contributed by atoms with Gasteiger partial charge in [0.25, 0.3) is 0 Å². The Hall–Kier alpha value is -0.860. The van der Waals surface area contributed by atoms with Crippen LogP contribution in [0.2, 0.25) is 0 Å². The molecule has 1 N–H and O–H groups in total. The van der Waals surface area contributed by atoms with Gasteiger partial charge in [-0.15, -0.1) is 11.3 Å². The minimum Gasteiger partial charge on any atom is -0.384 e. The van der Waals surface area contributed by atoms with Crippen molar-refractivity contribution in [2.45, 2.75) is 25.4 Å². The number of likely N-dealkylation sites (tertiary alicyclic amines) is 1. The SMILES string of the molecule is CN(C)CC1CCCN1Cc1sccc1C#CCO. The van der Waals surface area contributed by atoms with E-state index in [0.29, 0.717) is 6.04 Å². The van der Waals surface area contributed by atoms with Gasteiger partial charge in [-0.2, -0.15) is 0 Å². The van der Waals surface area contributed by atoms with Gasteiger partial charge in [-0.3, -0.25) is 4.90 Å². The summed E-state index contributed by atoms with van der Waals surface area (Å²) in [6.45, 7) is 3.24. The van der Waals surface area contributed by atoms with Crippen LogP contribution in [0.1, 0.15) is 23.3 Å². The highest BCUT2D eigenvalue weighted by atomic mass is 32.1. The molecule has 1 fully saturated rings. The summed E-state index contributed by atoms with van der Waals surface area (Å²) in [6.07, 6.45) is 2.59. The highest BCUT2D eigenvalue weighted by molar-refractivity contribution is 7.10. The van der Waals surface area contributed by atoms with Crippen LogP contribution in [0.25, 0.3) is 0 Å². The first-order valence-electron chi connectivity index (χ1n) is 6.75. The van der Waals surface area contributed by atoms with Crippen LogP contribution >= 0.6 is 11.3 Å². The average molecular weight is 278 g/mol. The zero-order chi connectivity index (χ0) is 13.7. The molecule has 0 amide bonds. The van der Waals surface area contributed by atoms with Crippen LogP contribution in [-0.2, 0) is 6.54 Å². The Morgan fingerprint density at radius 2 is 2.37 bits per heavy atom. The molecule has 0 bridgehead atoms. The summed E-state index contributed by atoms with van der Waals surface area (Å²) >= 11 is 1.77. The minimum absolute atomic E-state index is 0.0672. The van der Waals surface area contributed by atoms with Gasteiger partial charge in [0.1, 0.15) is 6.61 Å². The zero-order valence-electron chi connectivity index (χ0n) is 11.7. The number of hydrogen-bond acceptors (Lipinski definition) is 4. The number of rotatable bonds is 4. The fourth-order valence-corrected chi connectivity index (χ4v) is 3.48. The molecule has 1 aliphatic rings. The first-order valence-corrected chi connectivity index (χ1v) is 7.63. The Morgan fingerprint density at radius 1 is 1.53 bits per heavy atom. The number of thiophene rings is 1. The number of nitrogens with zero attached hydrogens (tertiary/aromatic N) is 2. The molecule has 104 valence electrons. The fourth-order valence-electron chi connectivity index (χ4n) is 2.63. The summed E-state index contributed by atoms with van der Waals surface area (Å²) in [7, 11) is 4.28. The monoisotopic (exact) mass is 278 g/mol. The molecule has 1 saturated heterocycles. The van der Waals surface area contributed by atoms with Gasteiger partial charge in [0.05, 0.1) is 0 Å². The normalized spacial score (nSPS) is 19.7. The molecule has 2 heterocycles. The third kappa shape index (κ3) is 4.05. The molecule has 1 aromatic heterocycles. The Labute approximate surface area is 119 Å². The van der Waals surface area contributed by atoms with E-state index in [1.165, 1.54) is 24.3 Å². The van der Waals surface area contributed by atoms with Crippen molar-refractivity contribution in [1.82, 2.24) is 9.80 Å². The molecule has 19 heavy (non-hydrogen) atoms. The lowest BCUT2D eigenvalue weighted by atomic mass is 10.2. The van der Waals surface area contributed by atoms with E-state index in [1.807, 2.05) is 0 Å². The van der Waals surface area contributed by atoms with E-state index < -0.39 is 0 Å². The van der Waals surface area contributed by atoms with Crippen LogP contribution in [0.3, 0.4) is 0 Å². The highest BCUT2D eigenvalue weighted by Crippen LogP contribution is 2.24. The average Bonchev–Trinajstić information content (AvgIpc) is 2.97. The van der Waals surface area contributed by atoms with E-state index in [9.17, 15) is 0 Å². The summed E-state index contributed by atoms with van der Waals surface area (Å²) in [5, 5.41) is 10.9.